The molecule has 31 heavy (non-hydrogen) atoms. The molecule has 0 spiro atoms. The normalized spacial score (nSPS) is 12.7. The van der Waals surface area contributed by atoms with Gasteiger partial charge in [-0.3, -0.25) is 4.79 Å². The number of anilines is 1. The highest BCUT2D eigenvalue weighted by atomic mass is 79.9. The first-order valence-corrected chi connectivity index (χ1v) is 12.4. The van der Waals surface area contributed by atoms with Crippen molar-refractivity contribution in [3.63, 3.8) is 0 Å². The van der Waals surface area contributed by atoms with E-state index in [2.05, 4.69) is 21.2 Å². The molecule has 0 saturated heterocycles. The lowest BCUT2D eigenvalue weighted by Crippen LogP contribution is -2.23. The van der Waals surface area contributed by atoms with Crippen LogP contribution in [0.15, 0.2) is 38.5 Å². The molecule has 0 aliphatic rings. The van der Waals surface area contributed by atoms with Gasteiger partial charge in [0.1, 0.15) is 5.75 Å². The van der Waals surface area contributed by atoms with Crippen LogP contribution in [0.3, 0.4) is 0 Å². The highest BCUT2D eigenvalue weighted by Crippen LogP contribution is 2.40. The number of halogens is 4. The number of hydrogen-bond donors (Lipinski definition) is 2. The lowest BCUT2D eigenvalue weighted by atomic mass is 9.84. The summed E-state index contributed by atoms with van der Waals surface area (Å²) in [5.74, 6) is -0.865. The molecular weight excluding hydrogens is 519 g/mol. The molecule has 2 aromatic rings. The van der Waals surface area contributed by atoms with Crippen LogP contribution in [0.4, 0.5) is 18.9 Å². The number of phenols is 1. The molecule has 0 aliphatic carbocycles. The van der Waals surface area contributed by atoms with Crippen LogP contribution in [-0.2, 0) is 15.3 Å². The number of alkyl halides is 3. The third-order valence-electron chi connectivity index (χ3n) is 4.57. The van der Waals surface area contributed by atoms with Gasteiger partial charge in [-0.2, -0.15) is 13.2 Å². The lowest BCUT2D eigenvalue weighted by Gasteiger charge is -2.24. The second kappa shape index (κ2) is 8.67. The number of amides is 1. The van der Waals surface area contributed by atoms with Crippen LogP contribution in [0.2, 0.25) is 0 Å². The maximum atomic E-state index is 13.0. The van der Waals surface area contributed by atoms with Gasteiger partial charge in [-0.25, -0.2) is 8.42 Å². The van der Waals surface area contributed by atoms with Crippen molar-refractivity contribution >= 4 is 49.1 Å². The maximum absolute atomic E-state index is 13.0. The van der Waals surface area contributed by atoms with Gasteiger partial charge in [0.2, 0.25) is 0 Å². The second-order valence-corrected chi connectivity index (χ2v) is 11.4. The van der Waals surface area contributed by atoms with Gasteiger partial charge in [0.15, 0.2) is 0 Å². The Bertz CT molecular complexity index is 1140. The van der Waals surface area contributed by atoms with Crippen LogP contribution in [-0.4, -0.2) is 31.2 Å². The average molecular weight is 540 g/mol. The SMILES string of the molecule is CSc1cc(C(C)(C)C)c(O)c(C(=O)Nc2ccc(S(=O)(=O)C(F)(F)F)cc2Br)c1C. The topological polar surface area (TPSA) is 83.5 Å². The van der Waals surface area contributed by atoms with Crippen molar-refractivity contribution in [1.82, 2.24) is 0 Å². The first-order chi connectivity index (χ1) is 14.0. The standard InChI is InChI=1S/C20H21BrF3NO4S2/c1-10-15(30-5)9-12(19(2,3)4)17(26)16(10)18(27)25-14-7-6-11(8-13(14)21)31(28,29)20(22,23)24/h6-9,26H,1-5H3,(H,25,27). The lowest BCUT2D eigenvalue weighted by molar-refractivity contribution is -0.0436. The first-order valence-electron chi connectivity index (χ1n) is 8.85. The minimum atomic E-state index is -5.53. The highest BCUT2D eigenvalue weighted by Gasteiger charge is 2.47. The first kappa shape index (κ1) is 25.5. The van der Waals surface area contributed by atoms with E-state index in [0.717, 1.165) is 23.1 Å². The van der Waals surface area contributed by atoms with E-state index in [1.165, 1.54) is 11.8 Å². The van der Waals surface area contributed by atoms with Crippen molar-refractivity contribution in [3.05, 3.63) is 45.4 Å². The monoisotopic (exact) mass is 539 g/mol. The summed E-state index contributed by atoms with van der Waals surface area (Å²) >= 11 is 4.41. The Labute approximate surface area is 191 Å². The van der Waals surface area contributed by atoms with Gasteiger partial charge in [0.05, 0.1) is 16.1 Å². The van der Waals surface area contributed by atoms with Gasteiger partial charge in [0.25, 0.3) is 15.7 Å². The minimum absolute atomic E-state index is 0.0377. The van der Waals surface area contributed by atoms with E-state index in [-0.39, 0.29) is 21.5 Å². The number of carbonyl (C=O) groups is 1. The number of benzene rings is 2. The number of aromatic hydroxyl groups is 1. The quantitative estimate of drug-likeness (QED) is 0.463. The van der Waals surface area contributed by atoms with Crippen LogP contribution >= 0.6 is 27.7 Å². The molecule has 0 aromatic heterocycles. The van der Waals surface area contributed by atoms with E-state index in [9.17, 15) is 31.5 Å². The predicted molar refractivity (Wildman–Crippen MR) is 119 cm³/mol. The van der Waals surface area contributed by atoms with Crippen molar-refractivity contribution in [1.29, 1.82) is 0 Å². The molecule has 0 radical (unpaired) electrons. The summed E-state index contributed by atoms with van der Waals surface area (Å²) in [7, 11) is -5.53. The van der Waals surface area contributed by atoms with Crippen molar-refractivity contribution in [2.75, 3.05) is 11.6 Å². The largest absolute Gasteiger partial charge is 0.507 e. The fourth-order valence-electron chi connectivity index (χ4n) is 2.89. The van der Waals surface area contributed by atoms with E-state index in [0.29, 0.717) is 11.1 Å². The number of carbonyl (C=O) groups excluding carboxylic acids is 1. The van der Waals surface area contributed by atoms with E-state index in [1.54, 1.807) is 6.92 Å². The zero-order valence-corrected chi connectivity index (χ0v) is 20.5. The molecule has 2 aromatic carbocycles. The molecule has 1 amide bonds. The molecule has 0 heterocycles. The molecule has 0 fully saturated rings. The van der Waals surface area contributed by atoms with Crippen LogP contribution in [0, 0.1) is 6.92 Å². The van der Waals surface area contributed by atoms with Gasteiger partial charge < -0.3 is 10.4 Å². The van der Waals surface area contributed by atoms with Gasteiger partial charge in [0, 0.05) is 14.9 Å². The number of phenolic OH excluding ortho intramolecular Hbond substituents is 1. The molecule has 0 atom stereocenters. The molecule has 170 valence electrons. The fourth-order valence-corrected chi connectivity index (χ4v) is 4.95. The van der Waals surface area contributed by atoms with Crippen LogP contribution in [0.1, 0.15) is 42.3 Å². The van der Waals surface area contributed by atoms with E-state index in [1.807, 2.05) is 33.1 Å². The molecule has 0 saturated carbocycles. The number of thioether (sulfide) groups is 1. The minimum Gasteiger partial charge on any atom is -0.507 e. The van der Waals surface area contributed by atoms with E-state index in [4.69, 9.17) is 0 Å². The molecule has 0 bridgehead atoms. The van der Waals surface area contributed by atoms with Crippen molar-refractivity contribution in [2.24, 2.45) is 0 Å². The molecule has 0 aliphatic heterocycles. The van der Waals surface area contributed by atoms with Gasteiger partial charge >= 0.3 is 5.51 Å². The molecule has 2 rings (SSSR count). The third kappa shape index (κ3) is 5.04. The predicted octanol–water partition coefficient (Wildman–Crippen LogP) is 6.03. The summed E-state index contributed by atoms with van der Waals surface area (Å²) in [6, 6.07) is 4.40. The molecule has 2 N–H and O–H groups in total. The molecule has 5 nitrogen and oxygen atoms in total. The Kier molecular flexibility index (Phi) is 7.14. The zero-order valence-electron chi connectivity index (χ0n) is 17.3. The van der Waals surface area contributed by atoms with Crippen LogP contribution < -0.4 is 5.32 Å². The van der Waals surface area contributed by atoms with Crippen molar-refractivity contribution in [2.45, 2.75) is 48.4 Å². The van der Waals surface area contributed by atoms with Crippen LogP contribution in [0.25, 0.3) is 0 Å². The Morgan fingerprint density at radius 1 is 1.16 bits per heavy atom. The van der Waals surface area contributed by atoms with Gasteiger partial charge in [-0.1, -0.05) is 20.8 Å². The molecule has 0 unspecified atom stereocenters. The highest BCUT2D eigenvalue weighted by molar-refractivity contribution is 9.10. The Morgan fingerprint density at radius 2 is 1.74 bits per heavy atom. The smallest absolute Gasteiger partial charge is 0.501 e. The Morgan fingerprint density at radius 3 is 2.19 bits per heavy atom. The summed E-state index contributed by atoms with van der Waals surface area (Å²) in [6.45, 7) is 7.35. The summed E-state index contributed by atoms with van der Waals surface area (Å²) < 4.78 is 61.4. The fraction of sp³-hybridized carbons (Fsp3) is 0.350. The zero-order chi connectivity index (χ0) is 23.9. The Hall–Kier alpha value is -1.72. The number of sulfone groups is 1. The molecule has 11 heteroatoms. The van der Waals surface area contributed by atoms with E-state index >= 15 is 0 Å². The second-order valence-electron chi connectivity index (χ2n) is 7.77. The van der Waals surface area contributed by atoms with Crippen molar-refractivity contribution < 1.29 is 31.5 Å². The number of hydrogen-bond acceptors (Lipinski definition) is 5. The summed E-state index contributed by atoms with van der Waals surface area (Å²) in [6.07, 6.45) is 1.84. The van der Waals surface area contributed by atoms with Gasteiger partial charge in [-0.05, 0) is 64.4 Å². The van der Waals surface area contributed by atoms with E-state index < -0.39 is 31.6 Å². The maximum Gasteiger partial charge on any atom is 0.501 e. The van der Waals surface area contributed by atoms with Crippen LogP contribution in [0.5, 0.6) is 5.75 Å². The summed E-state index contributed by atoms with van der Waals surface area (Å²) in [5, 5.41) is 13.3. The number of rotatable bonds is 4. The van der Waals surface area contributed by atoms with Gasteiger partial charge in [-0.15, -0.1) is 11.8 Å². The third-order valence-corrected chi connectivity index (χ3v) is 7.57. The summed E-state index contributed by atoms with van der Waals surface area (Å²) in [5.41, 5.74) is -4.69. The summed E-state index contributed by atoms with van der Waals surface area (Å²) in [4.78, 5) is 12.8. The molecular formula is C20H21BrF3NO4S2. The average Bonchev–Trinajstić information content (AvgIpc) is 2.61. The van der Waals surface area contributed by atoms with Crippen molar-refractivity contribution in [3.8, 4) is 5.75 Å². The Balaban J connectivity index is 2.52. The number of nitrogens with one attached hydrogen (secondary N) is 1.